The van der Waals surface area contributed by atoms with Crippen LogP contribution in [0.25, 0.3) is 0 Å². The zero-order chi connectivity index (χ0) is 21.1. The van der Waals surface area contributed by atoms with Crippen LogP contribution in [0, 0.1) is 0 Å². The highest BCUT2D eigenvalue weighted by molar-refractivity contribution is 7.89. The molecular weight excluding hydrogens is 409 g/mol. The highest BCUT2D eigenvalue weighted by atomic mass is 32.2. The summed E-state index contributed by atoms with van der Waals surface area (Å²) in [5.74, 6) is -0.271. The summed E-state index contributed by atoms with van der Waals surface area (Å²) >= 11 is 0. The lowest BCUT2D eigenvalue weighted by Gasteiger charge is -2.19. The average Bonchev–Trinajstić information content (AvgIpc) is 2.61. The van der Waals surface area contributed by atoms with E-state index in [9.17, 15) is 30.4 Å². The molecule has 2 rings (SSSR count). The summed E-state index contributed by atoms with van der Waals surface area (Å²) in [4.78, 5) is -0.519. The van der Waals surface area contributed by atoms with Crippen LogP contribution in [0.2, 0.25) is 0 Å². The molecule has 0 spiro atoms. The first-order valence-electron chi connectivity index (χ1n) is 7.70. The smallest absolute Gasteiger partial charge is 0.416 e. The second-order valence-corrected chi connectivity index (χ2v) is 7.70. The van der Waals surface area contributed by atoms with Gasteiger partial charge in [-0.3, -0.25) is 0 Å². The second kappa shape index (κ2) is 8.31. The molecule has 0 amide bonds. The summed E-state index contributed by atoms with van der Waals surface area (Å²) in [5, 5.41) is 0. The van der Waals surface area contributed by atoms with Gasteiger partial charge < -0.3 is 9.47 Å². The van der Waals surface area contributed by atoms with Crippen LogP contribution >= 0.6 is 0 Å². The Morgan fingerprint density at radius 3 is 2.32 bits per heavy atom. The maximum Gasteiger partial charge on any atom is 0.416 e. The van der Waals surface area contributed by atoms with Crippen LogP contribution in [0.1, 0.15) is 11.1 Å². The first-order valence-corrected chi connectivity index (χ1v) is 9.14. The third-order valence-corrected chi connectivity index (χ3v) is 5.52. The number of hydrogen-bond acceptors (Lipinski definition) is 4. The van der Waals surface area contributed by atoms with Crippen molar-refractivity contribution in [2.45, 2.75) is 24.2 Å². The lowest BCUT2D eigenvalue weighted by molar-refractivity contribution is -0.137. The van der Waals surface area contributed by atoms with Crippen molar-refractivity contribution in [2.24, 2.45) is 0 Å². The summed E-state index contributed by atoms with van der Waals surface area (Å²) in [6.07, 6.45) is -4.68. The normalized spacial score (nSPS) is 12.5. The van der Waals surface area contributed by atoms with Gasteiger partial charge in [-0.25, -0.2) is 8.42 Å². The SMILES string of the molecule is COc1cc(CN(C)S(=O)(=O)c2cccc(C(F)(F)F)c2)ccc1OC(F)F. The van der Waals surface area contributed by atoms with Crippen LogP contribution in [0.5, 0.6) is 11.5 Å². The number of halogens is 5. The Morgan fingerprint density at radius 2 is 1.75 bits per heavy atom. The Balaban J connectivity index is 2.27. The standard InChI is InChI=1S/C17H16F5NO4S/c1-23(10-11-6-7-14(27-16(18)19)15(8-11)26-2)28(24,25)13-5-3-4-12(9-13)17(20,21)22/h3-9,16H,10H2,1-2H3. The number of nitrogens with zero attached hydrogens (tertiary/aromatic N) is 1. The summed E-state index contributed by atoms with van der Waals surface area (Å²) in [7, 11) is -1.82. The minimum atomic E-state index is -4.68. The molecule has 2 aromatic rings. The van der Waals surface area contributed by atoms with E-state index in [-0.39, 0.29) is 18.0 Å². The largest absolute Gasteiger partial charge is 0.493 e. The van der Waals surface area contributed by atoms with E-state index in [1.807, 2.05) is 0 Å². The molecule has 0 aliphatic heterocycles. The monoisotopic (exact) mass is 425 g/mol. The Morgan fingerprint density at radius 1 is 1.07 bits per heavy atom. The zero-order valence-corrected chi connectivity index (χ0v) is 15.5. The Kier molecular flexibility index (Phi) is 6.50. The van der Waals surface area contributed by atoms with E-state index < -0.39 is 33.3 Å². The van der Waals surface area contributed by atoms with Crippen LogP contribution in [0.15, 0.2) is 47.4 Å². The van der Waals surface area contributed by atoms with Crippen LogP contribution in [-0.4, -0.2) is 33.5 Å². The number of rotatable bonds is 7. The van der Waals surface area contributed by atoms with Crippen molar-refractivity contribution in [1.82, 2.24) is 4.31 Å². The summed E-state index contributed by atoms with van der Waals surface area (Å²) < 4.78 is 98.4. The number of sulfonamides is 1. The molecule has 0 aliphatic carbocycles. The van der Waals surface area contributed by atoms with Crippen LogP contribution in [0.3, 0.4) is 0 Å². The van der Waals surface area contributed by atoms with Crippen molar-refractivity contribution in [1.29, 1.82) is 0 Å². The summed E-state index contributed by atoms with van der Waals surface area (Å²) in [6.45, 7) is -3.30. The topological polar surface area (TPSA) is 55.8 Å². The minimum absolute atomic E-state index is 0.0392. The van der Waals surface area contributed by atoms with Crippen molar-refractivity contribution in [2.75, 3.05) is 14.2 Å². The molecule has 0 heterocycles. The van der Waals surface area contributed by atoms with Crippen LogP contribution < -0.4 is 9.47 Å². The van der Waals surface area contributed by atoms with Gasteiger partial charge in [0.2, 0.25) is 10.0 Å². The van der Waals surface area contributed by atoms with Gasteiger partial charge in [-0.2, -0.15) is 26.3 Å². The molecule has 154 valence electrons. The van der Waals surface area contributed by atoms with E-state index >= 15 is 0 Å². The molecule has 0 saturated carbocycles. The molecule has 11 heteroatoms. The fourth-order valence-corrected chi connectivity index (χ4v) is 3.56. The minimum Gasteiger partial charge on any atom is -0.493 e. The maximum atomic E-state index is 12.8. The highest BCUT2D eigenvalue weighted by Crippen LogP contribution is 2.32. The molecule has 2 aromatic carbocycles. The number of benzene rings is 2. The number of alkyl halides is 5. The molecular formula is C17H16F5NO4S. The van der Waals surface area contributed by atoms with Gasteiger partial charge in [0, 0.05) is 13.6 Å². The molecule has 0 saturated heterocycles. The average molecular weight is 425 g/mol. The maximum absolute atomic E-state index is 12.8. The molecule has 0 atom stereocenters. The zero-order valence-electron chi connectivity index (χ0n) is 14.7. The molecule has 0 unspecified atom stereocenters. The number of hydrogen-bond donors (Lipinski definition) is 0. The predicted molar refractivity (Wildman–Crippen MR) is 89.7 cm³/mol. The second-order valence-electron chi connectivity index (χ2n) is 5.65. The van der Waals surface area contributed by atoms with Crippen LogP contribution in [0.4, 0.5) is 22.0 Å². The number of ether oxygens (including phenoxy) is 2. The highest BCUT2D eigenvalue weighted by Gasteiger charge is 2.32. The van der Waals surface area contributed by atoms with Gasteiger partial charge >= 0.3 is 12.8 Å². The van der Waals surface area contributed by atoms with Gasteiger partial charge in [0.25, 0.3) is 0 Å². The lowest BCUT2D eigenvalue weighted by Crippen LogP contribution is -2.26. The van der Waals surface area contributed by atoms with Crippen molar-refractivity contribution in [3.63, 3.8) is 0 Å². The Hall–Kier alpha value is -2.40. The molecule has 28 heavy (non-hydrogen) atoms. The molecule has 5 nitrogen and oxygen atoms in total. The van der Waals surface area contributed by atoms with E-state index in [0.29, 0.717) is 11.6 Å². The Bertz CT molecular complexity index is 931. The molecule has 0 radical (unpaired) electrons. The molecule has 0 N–H and O–H groups in total. The Labute approximate surface area is 158 Å². The third-order valence-electron chi connectivity index (χ3n) is 3.72. The van der Waals surface area contributed by atoms with Gasteiger partial charge in [-0.1, -0.05) is 12.1 Å². The molecule has 0 aliphatic rings. The number of methoxy groups -OCH3 is 1. The van der Waals surface area contributed by atoms with Crippen molar-refractivity contribution >= 4 is 10.0 Å². The molecule has 0 bridgehead atoms. The lowest BCUT2D eigenvalue weighted by atomic mass is 10.2. The fourth-order valence-electron chi connectivity index (χ4n) is 2.36. The van der Waals surface area contributed by atoms with E-state index in [1.165, 1.54) is 32.4 Å². The fraction of sp³-hybridized carbons (Fsp3) is 0.294. The van der Waals surface area contributed by atoms with E-state index in [4.69, 9.17) is 4.74 Å². The first-order chi connectivity index (χ1) is 12.9. The van der Waals surface area contributed by atoms with Crippen molar-refractivity contribution < 1.29 is 39.8 Å². The van der Waals surface area contributed by atoms with E-state index in [0.717, 1.165) is 22.5 Å². The quantitative estimate of drug-likeness (QED) is 0.626. The third kappa shape index (κ3) is 5.10. The molecule has 0 aromatic heterocycles. The van der Waals surface area contributed by atoms with E-state index in [1.54, 1.807) is 0 Å². The van der Waals surface area contributed by atoms with Gasteiger partial charge in [0.1, 0.15) is 0 Å². The van der Waals surface area contributed by atoms with Gasteiger partial charge in [0.15, 0.2) is 11.5 Å². The summed E-state index contributed by atoms with van der Waals surface area (Å²) in [5.41, 5.74) is -0.728. The van der Waals surface area contributed by atoms with Crippen molar-refractivity contribution in [3.05, 3.63) is 53.6 Å². The van der Waals surface area contributed by atoms with Gasteiger partial charge in [-0.15, -0.1) is 0 Å². The van der Waals surface area contributed by atoms with E-state index in [2.05, 4.69) is 4.74 Å². The summed E-state index contributed by atoms with van der Waals surface area (Å²) in [6, 6.07) is 7.21. The molecule has 0 fully saturated rings. The van der Waals surface area contributed by atoms with Crippen molar-refractivity contribution in [3.8, 4) is 11.5 Å². The van der Waals surface area contributed by atoms with Gasteiger partial charge in [0.05, 0.1) is 17.6 Å². The van der Waals surface area contributed by atoms with Gasteiger partial charge in [-0.05, 0) is 35.9 Å². The van der Waals surface area contributed by atoms with Crippen LogP contribution in [-0.2, 0) is 22.7 Å². The first kappa shape index (κ1) is 21.9. The predicted octanol–water partition coefficient (Wildman–Crippen LogP) is 4.14.